The van der Waals surface area contributed by atoms with Crippen molar-refractivity contribution in [1.29, 1.82) is 0 Å². The second-order valence-electron chi connectivity index (χ2n) is 4.30. The number of hydrogen-bond donors (Lipinski definition) is 1. The maximum absolute atomic E-state index is 11.0. The van der Waals surface area contributed by atoms with Crippen LogP contribution < -0.4 is 0 Å². The monoisotopic (exact) mass is 219 g/mol. The van der Waals surface area contributed by atoms with E-state index >= 15 is 0 Å². The highest BCUT2D eigenvalue weighted by Gasteiger charge is 2.44. The average molecular weight is 220 g/mol. The number of likely N-dealkylation sites (tertiary alicyclic amines) is 1. The Balaban J connectivity index is 0.000000980. The lowest BCUT2D eigenvalue weighted by molar-refractivity contribution is -0.142. The summed E-state index contributed by atoms with van der Waals surface area (Å²) in [5, 5.41) is 9.05. The molecule has 1 saturated heterocycles. The van der Waals surface area contributed by atoms with Crippen LogP contribution in [0.1, 0.15) is 19.8 Å². The SMILES string of the molecule is CCN1C[C@H](C(=O)O)[C@@H](C2CC2)C1.Cl. The number of hydrogen-bond acceptors (Lipinski definition) is 2. The Morgan fingerprint density at radius 3 is 2.50 bits per heavy atom. The van der Waals surface area contributed by atoms with Gasteiger partial charge in [-0.3, -0.25) is 4.79 Å². The van der Waals surface area contributed by atoms with Gasteiger partial charge >= 0.3 is 5.97 Å². The molecule has 1 saturated carbocycles. The normalized spacial score (nSPS) is 32.6. The fourth-order valence-corrected chi connectivity index (χ4v) is 2.43. The Morgan fingerprint density at radius 2 is 2.07 bits per heavy atom. The molecule has 0 aromatic rings. The summed E-state index contributed by atoms with van der Waals surface area (Å²) >= 11 is 0. The highest BCUT2D eigenvalue weighted by molar-refractivity contribution is 5.85. The van der Waals surface area contributed by atoms with Gasteiger partial charge in [0.2, 0.25) is 0 Å². The van der Waals surface area contributed by atoms with Gasteiger partial charge in [-0.1, -0.05) is 6.92 Å². The lowest BCUT2D eigenvalue weighted by Crippen LogP contribution is -2.24. The fourth-order valence-electron chi connectivity index (χ4n) is 2.43. The highest BCUT2D eigenvalue weighted by atomic mass is 35.5. The Morgan fingerprint density at radius 1 is 1.43 bits per heavy atom. The molecule has 1 heterocycles. The quantitative estimate of drug-likeness (QED) is 0.782. The van der Waals surface area contributed by atoms with E-state index in [1.54, 1.807) is 0 Å². The molecule has 0 bridgehead atoms. The van der Waals surface area contributed by atoms with E-state index in [9.17, 15) is 4.79 Å². The van der Waals surface area contributed by atoms with Crippen LogP contribution in [0, 0.1) is 17.8 Å². The van der Waals surface area contributed by atoms with Crippen LogP contribution in [0.2, 0.25) is 0 Å². The van der Waals surface area contributed by atoms with E-state index in [0.717, 1.165) is 25.6 Å². The molecular formula is C10H18ClNO2. The zero-order valence-electron chi connectivity index (χ0n) is 8.48. The van der Waals surface area contributed by atoms with Crippen molar-refractivity contribution in [2.45, 2.75) is 19.8 Å². The largest absolute Gasteiger partial charge is 0.481 e. The summed E-state index contributed by atoms with van der Waals surface area (Å²) in [7, 11) is 0. The summed E-state index contributed by atoms with van der Waals surface area (Å²) in [5.74, 6) is 0.482. The summed E-state index contributed by atoms with van der Waals surface area (Å²) in [6.07, 6.45) is 2.51. The zero-order valence-corrected chi connectivity index (χ0v) is 9.30. The summed E-state index contributed by atoms with van der Waals surface area (Å²) in [5.41, 5.74) is 0. The molecule has 0 spiro atoms. The first-order valence-electron chi connectivity index (χ1n) is 5.17. The molecule has 1 aliphatic carbocycles. The van der Waals surface area contributed by atoms with Crippen LogP contribution in [0.25, 0.3) is 0 Å². The van der Waals surface area contributed by atoms with Crippen LogP contribution >= 0.6 is 12.4 Å². The first-order valence-corrected chi connectivity index (χ1v) is 5.17. The molecule has 0 aromatic carbocycles. The maximum atomic E-state index is 11.0. The summed E-state index contributed by atoms with van der Waals surface area (Å²) < 4.78 is 0. The van der Waals surface area contributed by atoms with Gasteiger partial charge < -0.3 is 10.0 Å². The molecule has 0 aromatic heterocycles. The molecular weight excluding hydrogens is 202 g/mol. The second-order valence-corrected chi connectivity index (χ2v) is 4.30. The standard InChI is InChI=1S/C10H17NO2.ClH/c1-2-11-5-8(7-3-4-7)9(6-11)10(12)13;/h7-9H,2-6H2,1H3,(H,12,13);1H/t8-,9+;/m1./s1. The number of halogens is 1. The van der Waals surface area contributed by atoms with Crippen LogP contribution in [0.15, 0.2) is 0 Å². The Hall–Kier alpha value is -0.280. The predicted molar refractivity (Wildman–Crippen MR) is 56.7 cm³/mol. The van der Waals surface area contributed by atoms with Crippen LogP contribution in [0.5, 0.6) is 0 Å². The molecule has 3 nitrogen and oxygen atoms in total. The van der Waals surface area contributed by atoms with Gasteiger partial charge in [0.25, 0.3) is 0 Å². The Bertz CT molecular complexity index is 218. The van der Waals surface area contributed by atoms with E-state index in [4.69, 9.17) is 5.11 Å². The number of nitrogens with zero attached hydrogens (tertiary/aromatic N) is 1. The Labute approximate surface area is 90.9 Å². The van der Waals surface area contributed by atoms with Crippen molar-refractivity contribution in [3.63, 3.8) is 0 Å². The van der Waals surface area contributed by atoms with Gasteiger partial charge in [0, 0.05) is 13.1 Å². The number of carbonyl (C=O) groups is 1. The van der Waals surface area contributed by atoms with Crippen molar-refractivity contribution in [2.75, 3.05) is 19.6 Å². The predicted octanol–water partition coefficient (Wildman–Crippen LogP) is 1.47. The molecule has 4 heteroatoms. The first kappa shape index (κ1) is 11.8. The van der Waals surface area contributed by atoms with E-state index in [1.807, 2.05) is 0 Å². The van der Waals surface area contributed by atoms with Crippen molar-refractivity contribution >= 4 is 18.4 Å². The van der Waals surface area contributed by atoms with Gasteiger partial charge in [0.15, 0.2) is 0 Å². The summed E-state index contributed by atoms with van der Waals surface area (Å²) in [4.78, 5) is 13.2. The topological polar surface area (TPSA) is 40.5 Å². The molecule has 2 aliphatic rings. The lowest BCUT2D eigenvalue weighted by Gasteiger charge is -2.12. The van der Waals surface area contributed by atoms with Crippen molar-refractivity contribution < 1.29 is 9.90 Å². The zero-order chi connectivity index (χ0) is 9.42. The van der Waals surface area contributed by atoms with Gasteiger partial charge in [-0.25, -0.2) is 0 Å². The molecule has 0 unspecified atom stereocenters. The molecule has 0 amide bonds. The molecule has 2 fully saturated rings. The van der Waals surface area contributed by atoms with E-state index in [0.29, 0.717) is 5.92 Å². The van der Waals surface area contributed by atoms with Crippen LogP contribution in [-0.2, 0) is 4.79 Å². The number of carboxylic acids is 1. The van der Waals surface area contributed by atoms with Gasteiger partial charge in [-0.2, -0.15) is 0 Å². The third-order valence-corrected chi connectivity index (χ3v) is 3.43. The van der Waals surface area contributed by atoms with Gasteiger partial charge in [0.1, 0.15) is 0 Å². The van der Waals surface area contributed by atoms with E-state index < -0.39 is 5.97 Å². The molecule has 14 heavy (non-hydrogen) atoms. The lowest BCUT2D eigenvalue weighted by atomic mass is 9.92. The van der Waals surface area contributed by atoms with Gasteiger partial charge in [-0.15, -0.1) is 12.4 Å². The maximum Gasteiger partial charge on any atom is 0.308 e. The fraction of sp³-hybridized carbons (Fsp3) is 0.900. The molecule has 1 aliphatic heterocycles. The smallest absolute Gasteiger partial charge is 0.308 e. The highest BCUT2D eigenvalue weighted by Crippen LogP contribution is 2.43. The minimum atomic E-state index is -0.590. The van der Waals surface area contributed by atoms with E-state index in [2.05, 4.69) is 11.8 Å². The van der Waals surface area contributed by atoms with Crippen LogP contribution in [0.3, 0.4) is 0 Å². The van der Waals surface area contributed by atoms with Crippen LogP contribution in [-0.4, -0.2) is 35.6 Å². The minimum Gasteiger partial charge on any atom is -0.481 e. The average Bonchev–Trinajstić information content (AvgIpc) is 2.84. The summed E-state index contributed by atoms with van der Waals surface area (Å²) in [6.45, 7) is 4.88. The van der Waals surface area contributed by atoms with Gasteiger partial charge in [0.05, 0.1) is 5.92 Å². The molecule has 2 atom stereocenters. The molecule has 1 N–H and O–H groups in total. The molecule has 0 radical (unpaired) electrons. The number of carboxylic acid groups (broad SMARTS) is 1. The minimum absolute atomic E-state index is 0. The van der Waals surface area contributed by atoms with Crippen molar-refractivity contribution in [3.05, 3.63) is 0 Å². The van der Waals surface area contributed by atoms with E-state index in [-0.39, 0.29) is 18.3 Å². The third kappa shape index (κ3) is 2.20. The summed E-state index contributed by atoms with van der Waals surface area (Å²) in [6, 6.07) is 0. The van der Waals surface area contributed by atoms with Crippen molar-refractivity contribution in [3.8, 4) is 0 Å². The first-order chi connectivity index (χ1) is 6.22. The van der Waals surface area contributed by atoms with Crippen molar-refractivity contribution in [2.24, 2.45) is 17.8 Å². The van der Waals surface area contributed by atoms with Gasteiger partial charge in [-0.05, 0) is 31.2 Å². The molecule has 2 rings (SSSR count). The van der Waals surface area contributed by atoms with E-state index in [1.165, 1.54) is 12.8 Å². The van der Waals surface area contributed by atoms with Crippen molar-refractivity contribution in [1.82, 2.24) is 4.90 Å². The molecule has 82 valence electrons. The number of rotatable bonds is 3. The third-order valence-electron chi connectivity index (χ3n) is 3.43. The Kier molecular flexibility index (Phi) is 3.78. The second kappa shape index (κ2) is 4.49. The number of aliphatic carboxylic acids is 1. The van der Waals surface area contributed by atoms with Crippen LogP contribution in [0.4, 0.5) is 0 Å².